The molecule has 1 rings (SSSR count). The van der Waals surface area contributed by atoms with Crippen molar-refractivity contribution in [1.82, 2.24) is 4.90 Å². The fourth-order valence-corrected chi connectivity index (χ4v) is 1.90. The molecular formula is C15H23N3O4. The van der Waals surface area contributed by atoms with Gasteiger partial charge in [-0.05, 0) is 38.5 Å². The second-order valence-corrected chi connectivity index (χ2v) is 5.80. The molecule has 0 saturated heterocycles. The van der Waals surface area contributed by atoms with Crippen molar-refractivity contribution >= 4 is 11.9 Å². The molecule has 0 saturated carbocycles. The SMILES string of the molecule is COc1cccc([C@@H](C(N)=NO)N(C)C(=O)OC(C)(C)C)c1. The first-order chi connectivity index (χ1) is 10.2. The summed E-state index contributed by atoms with van der Waals surface area (Å²) in [5.41, 5.74) is 5.75. The van der Waals surface area contributed by atoms with E-state index in [1.54, 1.807) is 45.0 Å². The van der Waals surface area contributed by atoms with Crippen LogP contribution in [-0.2, 0) is 4.74 Å². The van der Waals surface area contributed by atoms with Crippen LogP contribution in [0.2, 0.25) is 0 Å². The maximum atomic E-state index is 12.2. The minimum Gasteiger partial charge on any atom is -0.497 e. The highest BCUT2D eigenvalue weighted by molar-refractivity contribution is 5.89. The number of nitrogens with zero attached hydrogens (tertiary/aromatic N) is 2. The van der Waals surface area contributed by atoms with Gasteiger partial charge in [-0.3, -0.25) is 4.90 Å². The highest BCUT2D eigenvalue weighted by Crippen LogP contribution is 2.25. The molecule has 0 aliphatic heterocycles. The van der Waals surface area contributed by atoms with Crippen molar-refractivity contribution in [3.8, 4) is 5.75 Å². The number of methoxy groups -OCH3 is 1. The standard InChI is InChI=1S/C15H23N3O4/c1-15(2,3)22-14(19)18(4)12(13(16)17-20)10-7-6-8-11(9-10)21-5/h6-9,12,20H,1-5H3,(H2,16,17)/t12-/m0/s1. The van der Waals surface area contributed by atoms with Crippen LogP contribution in [0.25, 0.3) is 0 Å². The number of hydrogen-bond donors (Lipinski definition) is 2. The Morgan fingerprint density at radius 3 is 2.55 bits per heavy atom. The summed E-state index contributed by atoms with van der Waals surface area (Å²) in [6, 6.07) is 6.22. The highest BCUT2D eigenvalue weighted by Gasteiger charge is 2.29. The van der Waals surface area contributed by atoms with Gasteiger partial charge >= 0.3 is 6.09 Å². The molecule has 1 aromatic rings. The molecule has 1 aromatic carbocycles. The largest absolute Gasteiger partial charge is 0.497 e. The molecule has 0 aliphatic rings. The third-order valence-electron chi connectivity index (χ3n) is 2.87. The van der Waals surface area contributed by atoms with Gasteiger partial charge in [0.25, 0.3) is 0 Å². The lowest BCUT2D eigenvalue weighted by atomic mass is 10.0. The summed E-state index contributed by atoms with van der Waals surface area (Å²) in [5, 5.41) is 12.0. The van der Waals surface area contributed by atoms with Crippen molar-refractivity contribution in [1.29, 1.82) is 0 Å². The number of benzene rings is 1. The number of amidine groups is 1. The molecular weight excluding hydrogens is 286 g/mol. The number of amides is 1. The van der Waals surface area contributed by atoms with Crippen LogP contribution in [0, 0.1) is 0 Å². The number of carbonyl (C=O) groups is 1. The Bertz CT molecular complexity index is 552. The first kappa shape index (κ1) is 17.6. The van der Waals surface area contributed by atoms with Gasteiger partial charge in [-0.15, -0.1) is 0 Å². The average Bonchev–Trinajstić information content (AvgIpc) is 2.45. The second-order valence-electron chi connectivity index (χ2n) is 5.80. The van der Waals surface area contributed by atoms with Crippen LogP contribution in [-0.4, -0.2) is 41.8 Å². The molecule has 3 N–H and O–H groups in total. The summed E-state index contributed by atoms with van der Waals surface area (Å²) >= 11 is 0. The molecule has 0 fully saturated rings. The molecule has 0 heterocycles. The quantitative estimate of drug-likeness (QED) is 0.385. The molecule has 0 spiro atoms. The van der Waals surface area contributed by atoms with E-state index in [9.17, 15) is 4.79 Å². The van der Waals surface area contributed by atoms with Gasteiger partial charge in [0.2, 0.25) is 0 Å². The monoisotopic (exact) mass is 309 g/mol. The summed E-state index contributed by atoms with van der Waals surface area (Å²) in [7, 11) is 3.06. The summed E-state index contributed by atoms with van der Waals surface area (Å²) in [6.07, 6.45) is -0.577. The van der Waals surface area contributed by atoms with E-state index >= 15 is 0 Å². The molecule has 122 valence electrons. The molecule has 22 heavy (non-hydrogen) atoms. The predicted octanol–water partition coefficient (Wildman–Crippen LogP) is 2.35. The maximum absolute atomic E-state index is 12.2. The smallest absolute Gasteiger partial charge is 0.410 e. The molecule has 1 atom stereocenters. The van der Waals surface area contributed by atoms with E-state index < -0.39 is 17.7 Å². The van der Waals surface area contributed by atoms with E-state index in [1.165, 1.54) is 19.1 Å². The van der Waals surface area contributed by atoms with Gasteiger partial charge in [-0.25, -0.2) is 4.79 Å². The van der Waals surface area contributed by atoms with Gasteiger partial charge in [0.05, 0.1) is 7.11 Å². The van der Waals surface area contributed by atoms with Gasteiger partial charge < -0.3 is 20.4 Å². The van der Waals surface area contributed by atoms with Crippen molar-refractivity contribution < 1.29 is 19.5 Å². The van der Waals surface area contributed by atoms with E-state index in [0.29, 0.717) is 11.3 Å². The molecule has 0 radical (unpaired) electrons. The molecule has 0 bridgehead atoms. The molecule has 7 nitrogen and oxygen atoms in total. The minimum absolute atomic E-state index is 0.124. The van der Waals surface area contributed by atoms with E-state index in [4.69, 9.17) is 20.4 Å². The summed E-state index contributed by atoms with van der Waals surface area (Å²) < 4.78 is 10.5. The number of nitrogens with two attached hydrogens (primary N) is 1. The number of carbonyl (C=O) groups excluding carboxylic acids is 1. The Hall–Kier alpha value is -2.44. The Labute approximate surface area is 130 Å². The van der Waals surface area contributed by atoms with E-state index in [1.807, 2.05) is 0 Å². The Kier molecular flexibility index (Phi) is 5.62. The molecule has 0 aromatic heterocycles. The van der Waals surface area contributed by atoms with Crippen LogP contribution in [0.1, 0.15) is 32.4 Å². The lowest BCUT2D eigenvalue weighted by Crippen LogP contribution is -2.42. The Balaban J connectivity index is 3.15. The second kappa shape index (κ2) is 7.02. The lowest BCUT2D eigenvalue weighted by Gasteiger charge is -2.30. The first-order valence-corrected chi connectivity index (χ1v) is 6.76. The predicted molar refractivity (Wildman–Crippen MR) is 83.1 cm³/mol. The fraction of sp³-hybridized carbons (Fsp3) is 0.467. The van der Waals surface area contributed by atoms with Crippen molar-refractivity contribution in [3.05, 3.63) is 29.8 Å². The van der Waals surface area contributed by atoms with Crippen LogP contribution in [0.5, 0.6) is 5.75 Å². The normalized spacial score (nSPS) is 13.4. The van der Waals surface area contributed by atoms with Gasteiger partial charge in [0.15, 0.2) is 5.84 Å². The fourth-order valence-electron chi connectivity index (χ4n) is 1.90. The average molecular weight is 309 g/mol. The number of ether oxygens (including phenoxy) is 2. The lowest BCUT2D eigenvalue weighted by molar-refractivity contribution is 0.0263. The van der Waals surface area contributed by atoms with Gasteiger partial charge in [0.1, 0.15) is 17.4 Å². The highest BCUT2D eigenvalue weighted by atomic mass is 16.6. The first-order valence-electron chi connectivity index (χ1n) is 6.76. The van der Waals surface area contributed by atoms with Crippen LogP contribution in [0.4, 0.5) is 4.79 Å². The Morgan fingerprint density at radius 1 is 1.41 bits per heavy atom. The number of hydrogen-bond acceptors (Lipinski definition) is 5. The van der Waals surface area contributed by atoms with Crippen LogP contribution < -0.4 is 10.5 Å². The summed E-state index contributed by atoms with van der Waals surface area (Å²) in [4.78, 5) is 13.5. The topological polar surface area (TPSA) is 97.4 Å². The summed E-state index contributed by atoms with van der Waals surface area (Å²) in [5.74, 6) is 0.479. The van der Waals surface area contributed by atoms with Crippen LogP contribution in [0.15, 0.2) is 29.4 Å². The van der Waals surface area contributed by atoms with E-state index in [2.05, 4.69) is 5.16 Å². The van der Waals surface area contributed by atoms with Crippen molar-refractivity contribution in [2.75, 3.05) is 14.2 Å². The van der Waals surface area contributed by atoms with Crippen molar-refractivity contribution in [2.45, 2.75) is 32.4 Å². The Morgan fingerprint density at radius 2 is 2.05 bits per heavy atom. The van der Waals surface area contributed by atoms with Gasteiger partial charge in [0, 0.05) is 7.05 Å². The zero-order valence-electron chi connectivity index (χ0n) is 13.5. The third kappa shape index (κ3) is 4.54. The maximum Gasteiger partial charge on any atom is 0.410 e. The van der Waals surface area contributed by atoms with E-state index in [0.717, 1.165) is 0 Å². The number of rotatable bonds is 4. The van der Waals surface area contributed by atoms with Crippen molar-refractivity contribution in [2.24, 2.45) is 10.9 Å². The van der Waals surface area contributed by atoms with Crippen LogP contribution in [0.3, 0.4) is 0 Å². The number of oxime groups is 1. The summed E-state index contributed by atoms with van der Waals surface area (Å²) in [6.45, 7) is 5.30. The molecule has 0 aliphatic carbocycles. The van der Waals surface area contributed by atoms with E-state index in [-0.39, 0.29) is 5.84 Å². The van der Waals surface area contributed by atoms with Gasteiger partial charge in [-0.1, -0.05) is 17.3 Å². The zero-order chi connectivity index (χ0) is 16.9. The van der Waals surface area contributed by atoms with Crippen LogP contribution >= 0.6 is 0 Å². The number of likely N-dealkylation sites (N-methyl/N-ethyl adjacent to an activating group) is 1. The third-order valence-corrected chi connectivity index (χ3v) is 2.87. The van der Waals surface area contributed by atoms with Gasteiger partial charge in [-0.2, -0.15) is 0 Å². The van der Waals surface area contributed by atoms with Crippen molar-refractivity contribution in [3.63, 3.8) is 0 Å². The molecule has 1 amide bonds. The molecule has 7 heteroatoms. The zero-order valence-corrected chi connectivity index (χ0v) is 13.5. The minimum atomic E-state index is -0.769. The molecule has 0 unspecified atom stereocenters.